The molecule has 11 heterocycles. The second-order valence-electron chi connectivity index (χ2n) is 27.8. The van der Waals surface area contributed by atoms with Gasteiger partial charge in [-0.2, -0.15) is 15.8 Å². The number of nitrogens with zero attached hydrogens (tertiary/aromatic N) is 10. The molecule has 0 atom stereocenters. The van der Waals surface area contributed by atoms with Crippen LogP contribution >= 0.6 is 0 Å². The van der Waals surface area contributed by atoms with Crippen LogP contribution in [0.15, 0.2) is 182 Å². The van der Waals surface area contributed by atoms with E-state index in [9.17, 15) is 20.9 Å². The van der Waals surface area contributed by atoms with Gasteiger partial charge in [-0.15, -0.1) is 0 Å². The zero-order valence-electron chi connectivity index (χ0n) is 59.8. The number of hydrogen-bond acceptors (Lipinski definition) is 17. The Balaban J connectivity index is 0.000000127. The summed E-state index contributed by atoms with van der Waals surface area (Å²) in [5, 5.41) is 42.8. The highest BCUT2D eigenvalue weighted by atomic mass is 16.5. The summed E-state index contributed by atoms with van der Waals surface area (Å²) in [6.45, 7) is 19.7. The van der Waals surface area contributed by atoms with Crippen molar-refractivity contribution in [3.8, 4) is 91.5 Å². The second-order valence-corrected chi connectivity index (χ2v) is 27.8. The highest BCUT2D eigenvalue weighted by Gasteiger charge is 2.24. The van der Waals surface area contributed by atoms with E-state index in [1.807, 2.05) is 85.1 Å². The van der Waals surface area contributed by atoms with Gasteiger partial charge in [0.2, 0.25) is 0 Å². The first-order chi connectivity index (χ1) is 52.0. The van der Waals surface area contributed by atoms with E-state index in [1.54, 1.807) is 26.2 Å². The molecule has 0 bridgehead atoms. The molecule has 0 radical (unpaired) electrons. The van der Waals surface area contributed by atoms with Crippen LogP contribution in [0.25, 0.3) is 100 Å². The highest BCUT2D eigenvalue weighted by molar-refractivity contribution is 5.99. The third kappa shape index (κ3) is 16.2. The summed E-state index contributed by atoms with van der Waals surface area (Å²) in [4.78, 5) is 34.0. The molecule has 6 aromatic carbocycles. The molecule has 0 aliphatic carbocycles. The molecule has 5 fully saturated rings. The number of H-pyrrole nitrogens is 3. The van der Waals surface area contributed by atoms with Gasteiger partial charge in [-0.25, -0.2) is 0 Å². The van der Waals surface area contributed by atoms with Crippen molar-refractivity contribution >= 4 is 44.1 Å². The second kappa shape index (κ2) is 32.5. The molecule has 106 heavy (non-hydrogen) atoms. The summed E-state index contributed by atoms with van der Waals surface area (Å²) in [6, 6.07) is 62.6. The fourth-order valence-corrected chi connectivity index (χ4v) is 14.5. The minimum absolute atomic E-state index is 0.0821. The Morgan fingerprint density at radius 2 is 0.821 bits per heavy atom. The minimum atomic E-state index is -0.873. The van der Waals surface area contributed by atoms with Gasteiger partial charge in [0, 0.05) is 180 Å². The van der Waals surface area contributed by atoms with Crippen molar-refractivity contribution in [2.45, 2.75) is 51.5 Å². The predicted molar refractivity (Wildman–Crippen MR) is 413 cm³/mol. The number of aromatic amines is 3. The fraction of sp³-hybridized carbons (Fsp3) is 0.302. The minimum Gasteiger partial charge on any atom is -0.489 e. The summed E-state index contributed by atoms with van der Waals surface area (Å²) in [5.41, 5.74) is 21.1. The largest absolute Gasteiger partial charge is 0.489 e. The van der Waals surface area contributed by atoms with Crippen molar-refractivity contribution in [1.29, 1.82) is 15.8 Å². The Labute approximate surface area is 616 Å². The lowest BCUT2D eigenvalue weighted by atomic mass is 9.96. The first-order valence-corrected chi connectivity index (χ1v) is 36.6. The van der Waals surface area contributed by atoms with Crippen molar-refractivity contribution < 1.29 is 33.5 Å². The van der Waals surface area contributed by atoms with Gasteiger partial charge in [-0.1, -0.05) is 72.8 Å². The van der Waals surface area contributed by atoms with Gasteiger partial charge in [0.05, 0.1) is 118 Å². The van der Waals surface area contributed by atoms with Crippen LogP contribution < -0.4 is 14.5 Å². The highest BCUT2D eigenvalue weighted by Crippen LogP contribution is 2.38. The van der Waals surface area contributed by atoms with Gasteiger partial charge in [0.1, 0.15) is 17.9 Å². The number of fused-ring (bicyclic) bond motifs is 3. The van der Waals surface area contributed by atoms with Crippen LogP contribution in [0, 0.1) is 34.0 Å². The maximum atomic E-state index is 10.2. The van der Waals surface area contributed by atoms with Crippen molar-refractivity contribution in [3.05, 3.63) is 216 Å². The van der Waals surface area contributed by atoms with Crippen LogP contribution in [-0.4, -0.2) is 169 Å². The lowest BCUT2D eigenvalue weighted by Gasteiger charge is -2.29. The number of aromatic nitrogens is 6. The standard InChI is InChI=1S/C29H29N5O2.C29H28N4O3.C28H28N4O2/c30-19-24-17-22(1-2-23(24)20-33-9-13-35-14-10-33)29-26-18-28(32-27(26)7-8-31-29)21-3-5-25(6-4-21)34-11-15-36-16-12-34;30-19-22-16-21(4-5-28(22)36-24-7-12-34-13-8-24)29-25-18-27(32-26(25)6-9-31-29)20-2-1-3-23(17-20)33-10-14-35-15-11-33;1-28(2,33)23-7-5-19(6-8-23)26-16-24-25(31-26)9-10-30-27(24)20-3-4-21(22(15-20)17-29)18-32-11-13-34-14-12-32/h1-8,17-18,32H,9-16,20H2;1-6,9,16-18,24,32H,7-8,10-15H2;3-10,15-16,31,33H,11-14,18H2,1-2H3. The number of ether oxygens (including phenoxy) is 6. The molecule has 5 aliphatic rings. The maximum Gasteiger partial charge on any atom is 0.137 e. The topological polar surface area (TPSA) is 246 Å². The lowest BCUT2D eigenvalue weighted by Crippen LogP contribution is -2.36. The van der Waals surface area contributed by atoms with Crippen LogP contribution in [0.1, 0.15) is 60.1 Å². The Morgan fingerprint density at radius 3 is 1.27 bits per heavy atom. The molecule has 20 heteroatoms. The van der Waals surface area contributed by atoms with E-state index < -0.39 is 5.60 Å². The van der Waals surface area contributed by atoms with E-state index in [1.165, 1.54) is 11.4 Å². The number of anilines is 2. The Bertz CT molecular complexity index is 5190. The van der Waals surface area contributed by atoms with Crippen LogP contribution in [0.4, 0.5) is 11.4 Å². The van der Waals surface area contributed by atoms with Gasteiger partial charge in [0.25, 0.3) is 0 Å². The average Bonchev–Trinajstić information content (AvgIpc) is 1.62. The van der Waals surface area contributed by atoms with Crippen LogP contribution in [0.3, 0.4) is 0 Å². The van der Waals surface area contributed by atoms with Crippen molar-refractivity contribution in [2.75, 3.05) is 128 Å². The van der Waals surface area contributed by atoms with E-state index in [0.717, 1.165) is 248 Å². The molecule has 4 N–H and O–H groups in total. The lowest BCUT2D eigenvalue weighted by molar-refractivity contribution is 0.0254. The van der Waals surface area contributed by atoms with Gasteiger partial charge < -0.3 is 58.3 Å². The van der Waals surface area contributed by atoms with E-state index in [-0.39, 0.29) is 6.10 Å². The normalized spacial score (nSPS) is 16.2. The molecule has 0 spiro atoms. The van der Waals surface area contributed by atoms with Crippen molar-refractivity contribution in [3.63, 3.8) is 0 Å². The molecule has 0 unspecified atom stereocenters. The van der Waals surface area contributed by atoms with Crippen molar-refractivity contribution in [2.24, 2.45) is 0 Å². The zero-order valence-corrected chi connectivity index (χ0v) is 59.8. The van der Waals surface area contributed by atoms with Gasteiger partial charge >= 0.3 is 0 Å². The first-order valence-electron chi connectivity index (χ1n) is 36.6. The number of hydrogen-bond donors (Lipinski definition) is 4. The number of pyridine rings is 3. The first kappa shape index (κ1) is 70.6. The Hall–Kier alpha value is -11.1. The maximum absolute atomic E-state index is 10.2. The van der Waals surface area contributed by atoms with Gasteiger partial charge in [-0.3, -0.25) is 24.8 Å². The summed E-state index contributed by atoms with van der Waals surface area (Å²) < 4.78 is 33.4. The number of benzene rings is 6. The Kier molecular flexibility index (Phi) is 21.7. The summed E-state index contributed by atoms with van der Waals surface area (Å²) in [6.07, 6.45) is 7.19. The molecule has 5 aliphatic heterocycles. The molecule has 20 nitrogen and oxygen atoms in total. The summed E-state index contributed by atoms with van der Waals surface area (Å²) in [7, 11) is 0. The number of rotatable bonds is 15. The molecular weight excluding hydrogens is 1330 g/mol. The molecule has 12 aromatic rings. The monoisotopic (exact) mass is 1410 g/mol. The molecule has 536 valence electrons. The molecule has 6 aromatic heterocycles. The third-order valence-corrected chi connectivity index (χ3v) is 20.5. The zero-order chi connectivity index (χ0) is 72.4. The van der Waals surface area contributed by atoms with E-state index >= 15 is 0 Å². The fourth-order valence-electron chi connectivity index (χ4n) is 14.5. The Morgan fingerprint density at radius 1 is 0.425 bits per heavy atom. The predicted octanol–water partition coefficient (Wildman–Crippen LogP) is 14.4. The molecule has 17 rings (SSSR count). The number of nitriles is 3. The molecule has 0 saturated carbocycles. The van der Waals surface area contributed by atoms with E-state index in [4.69, 9.17) is 33.4 Å². The van der Waals surface area contributed by atoms with E-state index in [2.05, 4.69) is 148 Å². The van der Waals surface area contributed by atoms with Gasteiger partial charge in [-0.05, 0) is 133 Å². The van der Waals surface area contributed by atoms with E-state index in [0.29, 0.717) is 35.7 Å². The average molecular weight is 1410 g/mol. The SMILES string of the molecule is CC(C)(O)c1ccc(-c2cc3c(-c4ccc(CN5CCOCC5)c(C#N)c4)nccc3[nH]2)cc1.N#Cc1cc(-c2nccc3[nH]c(-c4ccc(N5CCOCC5)cc4)cc23)ccc1CN1CCOCC1.N#Cc1cc(-c2nccc3[nH]c(-c4cccc(N5CCOCC5)c4)cc23)ccc1OC1CCOCC1. The van der Waals surface area contributed by atoms with Crippen LogP contribution in [-0.2, 0) is 42.4 Å². The van der Waals surface area contributed by atoms with Gasteiger partial charge in [0.15, 0.2) is 0 Å². The van der Waals surface area contributed by atoms with Crippen LogP contribution in [0.2, 0.25) is 0 Å². The quantitative estimate of drug-likeness (QED) is 0.0745. The molecule has 0 amide bonds. The smallest absolute Gasteiger partial charge is 0.137 e. The number of morpholine rings is 4. The number of nitrogens with one attached hydrogen (secondary N) is 3. The molecular formula is C86H85N13O7. The summed E-state index contributed by atoms with van der Waals surface area (Å²) >= 11 is 0. The van der Waals surface area contributed by atoms with Crippen molar-refractivity contribution in [1.82, 2.24) is 39.7 Å². The third-order valence-electron chi connectivity index (χ3n) is 20.5. The van der Waals surface area contributed by atoms with Crippen LogP contribution in [0.5, 0.6) is 5.75 Å². The summed E-state index contributed by atoms with van der Waals surface area (Å²) in [5.74, 6) is 0.620. The number of aliphatic hydroxyl groups is 1. The molecule has 5 saturated heterocycles.